The van der Waals surface area contributed by atoms with Gasteiger partial charge in [-0.15, -0.1) is 0 Å². The van der Waals surface area contributed by atoms with Crippen LogP contribution in [0.2, 0.25) is 0 Å². The minimum Gasteiger partial charge on any atom is -0.497 e. The number of nitrogens with zero attached hydrogens (tertiary/aromatic N) is 2. The van der Waals surface area contributed by atoms with Gasteiger partial charge in [-0.25, -0.2) is 26.9 Å². The standard InChI is InChI=1S/C27H26N4O7S2/c1-38-20-8-12-22(13-9-20)40(36,37)30(15-14-18-17-29-24-5-3-2-4-23(18)24)25-16-26(32)31(27(25)33)19-6-10-21(11-7-19)39(28,34)35/h2-13,17,25,29H,14-16H2,1H3,(H2,28,34,35). The Balaban J connectivity index is 1.50. The molecule has 1 atom stereocenters. The second kappa shape index (κ2) is 10.5. The zero-order valence-electron chi connectivity index (χ0n) is 21.4. The van der Waals surface area contributed by atoms with Crippen LogP contribution >= 0.6 is 0 Å². The number of nitrogens with two attached hydrogens (primary N) is 1. The van der Waals surface area contributed by atoms with Crippen LogP contribution in [0, 0.1) is 0 Å². The maximum Gasteiger partial charge on any atom is 0.252 e. The Morgan fingerprint density at radius 2 is 1.60 bits per heavy atom. The molecular weight excluding hydrogens is 556 g/mol. The lowest BCUT2D eigenvalue weighted by Gasteiger charge is -2.27. The molecule has 0 radical (unpaired) electrons. The number of imide groups is 1. The highest BCUT2D eigenvalue weighted by Crippen LogP contribution is 2.31. The van der Waals surface area contributed by atoms with E-state index in [1.54, 1.807) is 6.20 Å². The highest BCUT2D eigenvalue weighted by molar-refractivity contribution is 7.89. The lowest BCUT2D eigenvalue weighted by atomic mass is 10.1. The summed E-state index contributed by atoms with van der Waals surface area (Å²) in [6.45, 7) is -0.0713. The molecule has 1 aromatic heterocycles. The molecule has 208 valence electrons. The number of ether oxygens (including phenoxy) is 1. The average Bonchev–Trinajstić information content (AvgIpc) is 3.48. The Labute approximate surface area is 231 Å². The van der Waals surface area contributed by atoms with Crippen LogP contribution in [0.15, 0.2) is 88.8 Å². The molecule has 0 aliphatic carbocycles. The largest absolute Gasteiger partial charge is 0.497 e. The lowest BCUT2D eigenvalue weighted by Crippen LogP contribution is -2.46. The number of anilines is 1. The van der Waals surface area contributed by atoms with E-state index in [9.17, 15) is 26.4 Å². The summed E-state index contributed by atoms with van der Waals surface area (Å²) in [4.78, 5) is 30.5. The maximum absolute atomic E-state index is 13.9. The number of aromatic nitrogens is 1. The SMILES string of the molecule is COc1ccc(S(=O)(=O)N(CCc2c[nH]c3ccccc23)C2CC(=O)N(c3ccc(S(N)(=O)=O)cc3)C2=O)cc1. The van der Waals surface area contributed by atoms with Crippen molar-refractivity contribution >= 4 is 48.5 Å². The van der Waals surface area contributed by atoms with Crippen molar-refractivity contribution in [1.82, 2.24) is 9.29 Å². The number of carbonyl (C=O) groups excluding carboxylic acids is 2. The van der Waals surface area contributed by atoms with Gasteiger partial charge in [0.05, 0.1) is 29.0 Å². The highest BCUT2D eigenvalue weighted by atomic mass is 32.2. The maximum atomic E-state index is 13.9. The second-order valence-electron chi connectivity index (χ2n) is 9.23. The molecule has 3 N–H and O–H groups in total. The first kappa shape index (κ1) is 27.5. The Morgan fingerprint density at radius 1 is 0.950 bits per heavy atom. The van der Waals surface area contributed by atoms with Crippen molar-refractivity contribution < 1.29 is 31.2 Å². The van der Waals surface area contributed by atoms with Crippen molar-refractivity contribution in [2.75, 3.05) is 18.6 Å². The predicted octanol–water partition coefficient (Wildman–Crippen LogP) is 2.39. The quantitative estimate of drug-likeness (QED) is 0.287. The van der Waals surface area contributed by atoms with Gasteiger partial charge in [-0.05, 0) is 66.6 Å². The summed E-state index contributed by atoms with van der Waals surface area (Å²) in [5, 5.41) is 6.07. The first-order chi connectivity index (χ1) is 19.0. The van der Waals surface area contributed by atoms with Crippen LogP contribution in [0.1, 0.15) is 12.0 Å². The molecule has 13 heteroatoms. The van der Waals surface area contributed by atoms with Crippen molar-refractivity contribution in [3.8, 4) is 5.75 Å². The number of sulfonamides is 2. The fourth-order valence-corrected chi connectivity index (χ4v) is 6.89. The van der Waals surface area contributed by atoms with Gasteiger partial charge >= 0.3 is 0 Å². The molecule has 3 aromatic carbocycles. The van der Waals surface area contributed by atoms with E-state index in [1.165, 1.54) is 55.6 Å². The topological polar surface area (TPSA) is 160 Å². The van der Waals surface area contributed by atoms with Gasteiger partial charge in [-0.2, -0.15) is 4.31 Å². The Morgan fingerprint density at radius 3 is 2.25 bits per heavy atom. The van der Waals surface area contributed by atoms with E-state index < -0.39 is 37.9 Å². The van der Waals surface area contributed by atoms with E-state index in [0.29, 0.717) is 5.75 Å². The van der Waals surface area contributed by atoms with Crippen molar-refractivity contribution in [3.63, 3.8) is 0 Å². The van der Waals surface area contributed by atoms with Crippen LogP contribution in [0.3, 0.4) is 0 Å². The monoisotopic (exact) mass is 582 g/mol. The zero-order valence-corrected chi connectivity index (χ0v) is 23.0. The van der Waals surface area contributed by atoms with Crippen molar-refractivity contribution in [3.05, 3.63) is 84.6 Å². The summed E-state index contributed by atoms with van der Waals surface area (Å²) in [6.07, 6.45) is 1.70. The number of para-hydroxylation sites is 1. The van der Waals surface area contributed by atoms with Crippen molar-refractivity contribution in [2.24, 2.45) is 5.14 Å². The number of hydrogen-bond donors (Lipinski definition) is 2. The number of fused-ring (bicyclic) bond motifs is 1. The Hall–Kier alpha value is -4.04. The molecule has 1 fully saturated rings. The molecule has 0 bridgehead atoms. The normalized spacial score (nSPS) is 16.3. The molecule has 5 rings (SSSR count). The molecule has 4 aromatic rings. The zero-order chi connectivity index (χ0) is 28.7. The molecular formula is C27H26N4O7S2. The first-order valence-electron chi connectivity index (χ1n) is 12.2. The number of primary sulfonamides is 1. The van der Waals surface area contributed by atoms with Crippen molar-refractivity contribution in [2.45, 2.75) is 28.7 Å². The fourth-order valence-electron chi connectivity index (χ4n) is 4.79. The summed E-state index contributed by atoms with van der Waals surface area (Å²) in [6, 6.07) is 17.0. The molecule has 1 saturated heterocycles. The molecule has 1 aliphatic heterocycles. The Kier molecular flexibility index (Phi) is 7.23. The molecule has 0 saturated carbocycles. The molecule has 2 heterocycles. The van der Waals surface area contributed by atoms with Gasteiger partial charge in [0.15, 0.2) is 0 Å². The summed E-state index contributed by atoms with van der Waals surface area (Å²) < 4.78 is 57.3. The number of aromatic amines is 1. The third kappa shape index (κ3) is 5.11. The van der Waals surface area contributed by atoms with E-state index in [0.717, 1.165) is 25.7 Å². The predicted molar refractivity (Wildman–Crippen MR) is 148 cm³/mol. The minimum absolute atomic E-state index is 0.0524. The van der Waals surface area contributed by atoms with E-state index >= 15 is 0 Å². The number of amides is 2. The molecule has 1 aliphatic rings. The number of benzene rings is 3. The van der Waals surface area contributed by atoms with Crippen molar-refractivity contribution in [1.29, 1.82) is 0 Å². The fraction of sp³-hybridized carbons (Fsp3) is 0.185. The molecule has 11 nitrogen and oxygen atoms in total. The van der Waals surface area contributed by atoms with E-state index in [-0.39, 0.29) is 34.9 Å². The Bertz CT molecular complexity index is 1800. The van der Waals surface area contributed by atoms with Crippen LogP contribution in [0.5, 0.6) is 5.75 Å². The van der Waals surface area contributed by atoms with Crippen LogP contribution in [-0.4, -0.2) is 57.6 Å². The molecule has 1 unspecified atom stereocenters. The number of methoxy groups -OCH3 is 1. The second-order valence-corrected chi connectivity index (χ2v) is 12.7. The number of carbonyl (C=O) groups is 2. The third-order valence-corrected chi connectivity index (χ3v) is 9.69. The van der Waals surface area contributed by atoms with Crippen LogP contribution in [0.25, 0.3) is 10.9 Å². The van der Waals surface area contributed by atoms with Crippen LogP contribution in [-0.2, 0) is 36.1 Å². The van der Waals surface area contributed by atoms with Gasteiger partial charge in [-0.1, -0.05) is 18.2 Å². The minimum atomic E-state index is -4.23. The van der Waals surface area contributed by atoms with E-state index in [1.807, 2.05) is 24.3 Å². The van der Waals surface area contributed by atoms with Gasteiger partial charge in [0, 0.05) is 23.6 Å². The molecule has 40 heavy (non-hydrogen) atoms. The van der Waals surface area contributed by atoms with Gasteiger partial charge < -0.3 is 9.72 Å². The van der Waals surface area contributed by atoms with Gasteiger partial charge in [-0.3, -0.25) is 9.59 Å². The summed E-state index contributed by atoms with van der Waals surface area (Å²) in [7, 11) is -6.75. The average molecular weight is 583 g/mol. The number of rotatable bonds is 9. The molecule has 0 spiro atoms. The van der Waals surface area contributed by atoms with Crippen LogP contribution in [0.4, 0.5) is 5.69 Å². The van der Waals surface area contributed by atoms with Crippen LogP contribution < -0.4 is 14.8 Å². The van der Waals surface area contributed by atoms with Gasteiger partial charge in [0.2, 0.25) is 26.0 Å². The number of H-pyrrole nitrogens is 1. The number of nitrogens with one attached hydrogen (secondary N) is 1. The molecule has 2 amide bonds. The van der Waals surface area contributed by atoms with E-state index in [4.69, 9.17) is 9.88 Å². The smallest absolute Gasteiger partial charge is 0.252 e. The first-order valence-corrected chi connectivity index (χ1v) is 15.2. The van der Waals surface area contributed by atoms with Gasteiger partial charge in [0.25, 0.3) is 5.91 Å². The third-order valence-electron chi connectivity index (χ3n) is 6.84. The highest BCUT2D eigenvalue weighted by Gasteiger charge is 2.46. The van der Waals surface area contributed by atoms with Gasteiger partial charge in [0.1, 0.15) is 11.8 Å². The summed E-state index contributed by atoms with van der Waals surface area (Å²) in [5.41, 5.74) is 1.87. The lowest BCUT2D eigenvalue weighted by molar-refractivity contribution is -0.122. The van der Waals surface area contributed by atoms with E-state index in [2.05, 4.69) is 4.98 Å². The summed E-state index contributed by atoms with van der Waals surface area (Å²) >= 11 is 0. The number of hydrogen-bond acceptors (Lipinski definition) is 7. The summed E-state index contributed by atoms with van der Waals surface area (Å²) in [5.74, 6) is -0.879.